The van der Waals surface area contributed by atoms with Crippen molar-refractivity contribution in [2.24, 2.45) is 5.73 Å². The molecule has 0 aliphatic heterocycles. The van der Waals surface area contributed by atoms with E-state index in [1.54, 1.807) is 19.9 Å². The molecular formula is C23H26F3N3OS. The summed E-state index contributed by atoms with van der Waals surface area (Å²) in [6.07, 6.45) is -1.03. The first kappa shape index (κ1) is 23.2. The molecule has 0 fully saturated rings. The number of rotatable bonds is 9. The van der Waals surface area contributed by atoms with Crippen LogP contribution in [-0.2, 0) is 18.1 Å². The topological polar surface area (TPSA) is 61.0 Å². The van der Waals surface area contributed by atoms with E-state index in [4.69, 9.17) is 10.5 Å². The first-order valence-corrected chi connectivity index (χ1v) is 11.0. The summed E-state index contributed by atoms with van der Waals surface area (Å²) in [5.74, 6) is -0.164. The van der Waals surface area contributed by atoms with Crippen molar-refractivity contribution in [1.82, 2.24) is 10.2 Å². The van der Waals surface area contributed by atoms with Gasteiger partial charge in [0.1, 0.15) is 15.8 Å². The molecule has 31 heavy (non-hydrogen) atoms. The predicted octanol–water partition coefficient (Wildman–Crippen LogP) is 6.21. The molecule has 2 aromatic carbocycles. The molecule has 1 heterocycles. The zero-order valence-electron chi connectivity index (χ0n) is 17.6. The van der Waals surface area contributed by atoms with Gasteiger partial charge >= 0.3 is 6.18 Å². The number of nitrogens with zero attached hydrogens (tertiary/aromatic N) is 2. The quantitative estimate of drug-likeness (QED) is 0.395. The lowest BCUT2D eigenvalue weighted by Gasteiger charge is -2.15. The molecule has 166 valence electrons. The number of benzene rings is 2. The van der Waals surface area contributed by atoms with Crippen LogP contribution in [0.5, 0.6) is 5.75 Å². The minimum atomic E-state index is -4.53. The van der Waals surface area contributed by atoms with Gasteiger partial charge in [-0.25, -0.2) is 0 Å². The molecule has 3 aromatic rings. The first-order valence-electron chi connectivity index (χ1n) is 10.2. The van der Waals surface area contributed by atoms with Gasteiger partial charge in [-0.3, -0.25) is 0 Å². The fourth-order valence-corrected chi connectivity index (χ4v) is 3.90. The number of halogens is 3. The highest BCUT2D eigenvalue weighted by atomic mass is 32.1. The van der Waals surface area contributed by atoms with Crippen molar-refractivity contribution in [3.63, 3.8) is 0 Å². The lowest BCUT2D eigenvalue weighted by Crippen LogP contribution is -2.28. The standard InChI is InChI=1S/C23H26F3N3OS/c1-22(2,27)21-29-28-20(31-21)17-12-13-19(18(15-17)23(24,25)26)30-14-8-4-7-11-16-9-5-3-6-10-16/h3,5-6,9-10,12-13,15H,4,7-8,11,14,27H2,1-2H3. The van der Waals surface area contributed by atoms with Gasteiger partial charge in [-0.1, -0.05) is 41.7 Å². The highest BCUT2D eigenvalue weighted by Crippen LogP contribution is 2.39. The summed E-state index contributed by atoms with van der Waals surface area (Å²) >= 11 is 1.19. The molecule has 0 saturated carbocycles. The monoisotopic (exact) mass is 449 g/mol. The molecule has 0 bridgehead atoms. The van der Waals surface area contributed by atoms with Gasteiger partial charge in [0, 0.05) is 5.56 Å². The maximum atomic E-state index is 13.6. The Hall–Kier alpha value is -2.45. The van der Waals surface area contributed by atoms with E-state index in [-0.39, 0.29) is 12.4 Å². The number of alkyl halides is 3. The fourth-order valence-electron chi connectivity index (χ4n) is 3.05. The van der Waals surface area contributed by atoms with E-state index in [0.29, 0.717) is 22.0 Å². The normalized spacial score (nSPS) is 12.2. The number of unbranched alkanes of at least 4 members (excludes halogenated alkanes) is 2. The van der Waals surface area contributed by atoms with Crippen LogP contribution >= 0.6 is 11.3 Å². The average Bonchev–Trinajstić information content (AvgIpc) is 3.21. The van der Waals surface area contributed by atoms with E-state index < -0.39 is 17.3 Å². The molecule has 0 saturated heterocycles. The molecule has 8 heteroatoms. The van der Waals surface area contributed by atoms with Crippen molar-refractivity contribution in [2.75, 3.05) is 6.61 Å². The predicted molar refractivity (Wildman–Crippen MR) is 117 cm³/mol. The Morgan fingerprint density at radius 3 is 2.35 bits per heavy atom. The SMILES string of the molecule is CC(C)(N)c1nnc(-c2ccc(OCCCCCc3ccccc3)c(C(F)(F)F)c2)s1. The maximum absolute atomic E-state index is 13.6. The van der Waals surface area contributed by atoms with Crippen molar-refractivity contribution in [2.45, 2.75) is 51.2 Å². The van der Waals surface area contributed by atoms with E-state index in [2.05, 4.69) is 22.3 Å². The van der Waals surface area contributed by atoms with E-state index >= 15 is 0 Å². The van der Waals surface area contributed by atoms with Gasteiger partial charge in [0.05, 0.1) is 17.7 Å². The van der Waals surface area contributed by atoms with E-state index in [9.17, 15) is 13.2 Å². The van der Waals surface area contributed by atoms with Crippen molar-refractivity contribution in [1.29, 1.82) is 0 Å². The Morgan fingerprint density at radius 2 is 1.71 bits per heavy atom. The van der Waals surface area contributed by atoms with Gasteiger partial charge in [-0.2, -0.15) is 13.2 Å². The largest absolute Gasteiger partial charge is 0.493 e. The third-order valence-corrected chi connectivity index (χ3v) is 6.03. The van der Waals surface area contributed by atoms with Gasteiger partial charge in [0.25, 0.3) is 0 Å². The second-order valence-electron chi connectivity index (χ2n) is 7.99. The number of aromatic nitrogens is 2. The number of hydrogen-bond donors (Lipinski definition) is 1. The molecule has 0 amide bonds. The van der Waals surface area contributed by atoms with Gasteiger partial charge < -0.3 is 10.5 Å². The zero-order valence-corrected chi connectivity index (χ0v) is 18.4. The molecule has 4 nitrogen and oxygen atoms in total. The van der Waals surface area contributed by atoms with Crippen LogP contribution in [-0.4, -0.2) is 16.8 Å². The molecule has 1 aromatic heterocycles. The molecule has 3 rings (SSSR count). The van der Waals surface area contributed by atoms with Gasteiger partial charge in [0.15, 0.2) is 0 Å². The number of aryl methyl sites for hydroxylation is 1. The molecule has 0 unspecified atom stereocenters. The second-order valence-corrected chi connectivity index (χ2v) is 8.96. The second kappa shape index (κ2) is 9.78. The smallest absolute Gasteiger partial charge is 0.419 e. The zero-order chi connectivity index (χ0) is 22.5. The molecule has 0 atom stereocenters. The summed E-state index contributed by atoms with van der Waals surface area (Å²) in [4.78, 5) is 0. The van der Waals surface area contributed by atoms with Crippen LogP contribution in [0.15, 0.2) is 48.5 Å². The first-order chi connectivity index (χ1) is 14.6. The van der Waals surface area contributed by atoms with Crippen molar-refractivity contribution in [3.8, 4) is 16.3 Å². The van der Waals surface area contributed by atoms with Crippen LogP contribution in [0.2, 0.25) is 0 Å². The highest BCUT2D eigenvalue weighted by molar-refractivity contribution is 7.14. The van der Waals surface area contributed by atoms with Crippen LogP contribution in [0.3, 0.4) is 0 Å². The Morgan fingerprint density at radius 1 is 0.968 bits per heavy atom. The van der Waals surface area contributed by atoms with Gasteiger partial charge in [-0.15, -0.1) is 10.2 Å². The van der Waals surface area contributed by atoms with Gasteiger partial charge in [0.2, 0.25) is 0 Å². The van der Waals surface area contributed by atoms with Gasteiger partial charge in [-0.05, 0) is 63.3 Å². The summed E-state index contributed by atoms with van der Waals surface area (Å²) in [5, 5.41) is 8.97. The van der Waals surface area contributed by atoms with Crippen LogP contribution in [0.25, 0.3) is 10.6 Å². The minimum Gasteiger partial charge on any atom is -0.493 e. The Bertz CT molecular complexity index is 982. The maximum Gasteiger partial charge on any atom is 0.419 e. The molecular weight excluding hydrogens is 423 g/mol. The number of hydrogen-bond acceptors (Lipinski definition) is 5. The molecule has 0 aliphatic rings. The fraction of sp³-hybridized carbons (Fsp3) is 0.391. The van der Waals surface area contributed by atoms with Crippen molar-refractivity contribution in [3.05, 3.63) is 64.7 Å². The van der Waals surface area contributed by atoms with Crippen LogP contribution in [0.4, 0.5) is 13.2 Å². The van der Waals surface area contributed by atoms with Crippen LogP contribution < -0.4 is 10.5 Å². The van der Waals surface area contributed by atoms with Crippen LogP contribution in [0.1, 0.15) is 49.2 Å². The molecule has 0 spiro atoms. The molecule has 2 N–H and O–H groups in total. The van der Waals surface area contributed by atoms with E-state index in [1.165, 1.54) is 23.0 Å². The Kier molecular flexibility index (Phi) is 7.33. The summed E-state index contributed by atoms with van der Waals surface area (Å²) in [5.41, 5.74) is 6.10. The summed E-state index contributed by atoms with van der Waals surface area (Å²) in [6.45, 7) is 3.78. The molecule has 0 radical (unpaired) electrons. The summed E-state index contributed by atoms with van der Waals surface area (Å²) in [7, 11) is 0. The third-order valence-electron chi connectivity index (χ3n) is 4.72. The Balaban J connectivity index is 1.62. The van der Waals surface area contributed by atoms with Crippen molar-refractivity contribution < 1.29 is 17.9 Å². The van der Waals surface area contributed by atoms with E-state index in [1.807, 2.05) is 18.2 Å². The Labute approximate surface area is 184 Å². The molecule has 0 aliphatic carbocycles. The van der Waals surface area contributed by atoms with Crippen LogP contribution in [0, 0.1) is 0 Å². The average molecular weight is 450 g/mol. The number of nitrogens with two attached hydrogens (primary N) is 1. The number of ether oxygens (including phenoxy) is 1. The third kappa shape index (κ3) is 6.51. The lowest BCUT2D eigenvalue weighted by atomic mass is 10.1. The summed E-state index contributed by atoms with van der Waals surface area (Å²) < 4.78 is 46.4. The highest BCUT2D eigenvalue weighted by Gasteiger charge is 2.35. The summed E-state index contributed by atoms with van der Waals surface area (Å²) in [6, 6.07) is 14.1. The van der Waals surface area contributed by atoms with Crippen molar-refractivity contribution >= 4 is 11.3 Å². The minimum absolute atomic E-state index is 0.164. The van der Waals surface area contributed by atoms with E-state index in [0.717, 1.165) is 25.3 Å². The lowest BCUT2D eigenvalue weighted by molar-refractivity contribution is -0.138.